The number of hydrogen-bond donors (Lipinski definition) is 2. The van der Waals surface area contributed by atoms with Crippen molar-refractivity contribution in [2.45, 2.75) is 44.9 Å². The number of nitrogens with one attached hydrogen (secondary N) is 2. The SMILES string of the molecule is CCCCNNC(=O)c1cc(C2CCC2)cs1. The normalized spacial score (nSPS) is 15.6. The zero-order valence-electron chi connectivity index (χ0n) is 10.3. The average molecular weight is 252 g/mol. The number of rotatable bonds is 6. The number of carbonyl (C=O) groups excluding carboxylic acids is 1. The molecule has 1 aliphatic carbocycles. The molecule has 1 aromatic rings. The Morgan fingerprint density at radius 2 is 2.35 bits per heavy atom. The molecule has 1 aromatic heterocycles. The van der Waals surface area contributed by atoms with Gasteiger partial charge in [-0.2, -0.15) is 0 Å². The Kier molecular flexibility index (Phi) is 4.57. The predicted octanol–water partition coefficient (Wildman–Crippen LogP) is 3.05. The highest BCUT2D eigenvalue weighted by atomic mass is 32.1. The van der Waals surface area contributed by atoms with Gasteiger partial charge in [0.1, 0.15) is 0 Å². The number of thiophene rings is 1. The Balaban J connectivity index is 1.80. The van der Waals surface area contributed by atoms with Crippen molar-refractivity contribution in [2.75, 3.05) is 6.54 Å². The van der Waals surface area contributed by atoms with Crippen LogP contribution in [0.4, 0.5) is 0 Å². The topological polar surface area (TPSA) is 41.1 Å². The second-order valence-corrected chi connectivity index (χ2v) is 5.52. The summed E-state index contributed by atoms with van der Waals surface area (Å²) in [6, 6.07) is 2.05. The molecule has 1 saturated carbocycles. The molecule has 0 unspecified atom stereocenters. The highest BCUT2D eigenvalue weighted by molar-refractivity contribution is 7.12. The lowest BCUT2D eigenvalue weighted by Crippen LogP contribution is -2.37. The summed E-state index contributed by atoms with van der Waals surface area (Å²) < 4.78 is 0. The molecule has 1 amide bonds. The third-order valence-electron chi connectivity index (χ3n) is 3.28. The van der Waals surface area contributed by atoms with E-state index < -0.39 is 0 Å². The molecular formula is C13H20N2OS. The molecule has 2 N–H and O–H groups in total. The van der Waals surface area contributed by atoms with Crippen molar-refractivity contribution in [1.82, 2.24) is 10.9 Å². The summed E-state index contributed by atoms with van der Waals surface area (Å²) in [5.74, 6) is 0.706. The van der Waals surface area contributed by atoms with Crippen LogP contribution in [0.15, 0.2) is 11.4 Å². The fourth-order valence-electron chi connectivity index (χ4n) is 1.90. The number of hydrazine groups is 1. The van der Waals surface area contributed by atoms with Crippen molar-refractivity contribution >= 4 is 17.2 Å². The third kappa shape index (κ3) is 3.30. The van der Waals surface area contributed by atoms with Gasteiger partial charge in [0.05, 0.1) is 4.88 Å². The Morgan fingerprint density at radius 3 is 3.00 bits per heavy atom. The minimum Gasteiger partial charge on any atom is -0.287 e. The van der Waals surface area contributed by atoms with Gasteiger partial charge in [-0.1, -0.05) is 19.8 Å². The molecule has 2 rings (SSSR count). The lowest BCUT2D eigenvalue weighted by molar-refractivity contribution is 0.0937. The summed E-state index contributed by atoms with van der Waals surface area (Å²) in [4.78, 5) is 12.6. The van der Waals surface area contributed by atoms with Crippen LogP contribution in [0.5, 0.6) is 0 Å². The van der Waals surface area contributed by atoms with E-state index in [1.165, 1.54) is 24.8 Å². The smallest absolute Gasteiger partial charge is 0.275 e. The molecule has 4 heteroatoms. The van der Waals surface area contributed by atoms with Crippen LogP contribution in [-0.4, -0.2) is 12.5 Å². The lowest BCUT2D eigenvalue weighted by atomic mass is 9.81. The molecule has 0 spiro atoms. The Labute approximate surface area is 107 Å². The number of carbonyl (C=O) groups is 1. The molecule has 0 aromatic carbocycles. The zero-order valence-corrected chi connectivity index (χ0v) is 11.1. The standard InChI is InChI=1S/C13H20N2OS/c1-2-3-7-14-15-13(16)12-8-11(9-17-12)10-5-4-6-10/h8-10,14H,2-7H2,1H3,(H,15,16). The summed E-state index contributed by atoms with van der Waals surface area (Å²) in [7, 11) is 0. The number of amides is 1. The van der Waals surface area contributed by atoms with Crippen LogP contribution < -0.4 is 10.9 Å². The fourth-order valence-corrected chi connectivity index (χ4v) is 2.78. The second kappa shape index (κ2) is 6.17. The van der Waals surface area contributed by atoms with Crippen LogP contribution in [0.3, 0.4) is 0 Å². The van der Waals surface area contributed by atoms with Gasteiger partial charge in [-0.05, 0) is 42.2 Å². The second-order valence-electron chi connectivity index (χ2n) is 4.61. The van der Waals surface area contributed by atoms with Crippen LogP contribution in [0.2, 0.25) is 0 Å². The van der Waals surface area contributed by atoms with Gasteiger partial charge in [0, 0.05) is 6.54 Å². The maximum Gasteiger partial charge on any atom is 0.275 e. The van der Waals surface area contributed by atoms with Gasteiger partial charge in [0.2, 0.25) is 0 Å². The predicted molar refractivity (Wildman–Crippen MR) is 71.3 cm³/mol. The van der Waals surface area contributed by atoms with Gasteiger partial charge in [0.25, 0.3) is 5.91 Å². The van der Waals surface area contributed by atoms with Crippen LogP contribution in [0.25, 0.3) is 0 Å². The van der Waals surface area contributed by atoms with E-state index in [9.17, 15) is 4.79 Å². The molecule has 0 atom stereocenters. The van der Waals surface area contributed by atoms with Crippen molar-refractivity contribution in [3.05, 3.63) is 21.9 Å². The van der Waals surface area contributed by atoms with Gasteiger partial charge >= 0.3 is 0 Å². The maximum atomic E-state index is 11.8. The monoisotopic (exact) mass is 252 g/mol. The Hall–Kier alpha value is -0.870. The van der Waals surface area contributed by atoms with Crippen molar-refractivity contribution in [2.24, 2.45) is 0 Å². The van der Waals surface area contributed by atoms with Crippen LogP contribution in [0.1, 0.15) is 60.2 Å². The lowest BCUT2D eigenvalue weighted by Gasteiger charge is -2.24. The minimum atomic E-state index is -0.00308. The third-order valence-corrected chi connectivity index (χ3v) is 4.22. The number of unbranched alkanes of at least 4 members (excludes halogenated alkanes) is 1. The molecule has 1 heterocycles. The average Bonchev–Trinajstić information content (AvgIpc) is 2.71. The van der Waals surface area contributed by atoms with E-state index in [-0.39, 0.29) is 5.91 Å². The summed E-state index contributed by atoms with van der Waals surface area (Å²) in [5, 5.41) is 2.13. The fraction of sp³-hybridized carbons (Fsp3) is 0.615. The summed E-state index contributed by atoms with van der Waals surface area (Å²) in [6.45, 7) is 2.97. The van der Waals surface area contributed by atoms with Gasteiger partial charge in [-0.25, -0.2) is 5.43 Å². The van der Waals surface area contributed by atoms with E-state index in [1.807, 2.05) is 6.07 Å². The van der Waals surface area contributed by atoms with Crippen molar-refractivity contribution in [3.8, 4) is 0 Å². The first kappa shape index (κ1) is 12.6. The molecule has 3 nitrogen and oxygen atoms in total. The summed E-state index contributed by atoms with van der Waals surface area (Å²) in [6.07, 6.45) is 6.12. The first-order valence-corrected chi connectivity index (χ1v) is 7.31. The molecule has 0 bridgehead atoms. The summed E-state index contributed by atoms with van der Waals surface area (Å²) >= 11 is 1.55. The van der Waals surface area contributed by atoms with Gasteiger partial charge in [-0.15, -0.1) is 11.3 Å². The van der Waals surface area contributed by atoms with Crippen molar-refractivity contribution < 1.29 is 4.79 Å². The largest absolute Gasteiger partial charge is 0.287 e. The Morgan fingerprint density at radius 1 is 1.53 bits per heavy atom. The quantitative estimate of drug-likeness (QED) is 0.603. The van der Waals surface area contributed by atoms with Crippen molar-refractivity contribution in [1.29, 1.82) is 0 Å². The van der Waals surface area contributed by atoms with E-state index in [2.05, 4.69) is 23.2 Å². The highest BCUT2D eigenvalue weighted by Crippen LogP contribution is 2.38. The molecule has 0 radical (unpaired) electrons. The minimum absolute atomic E-state index is 0.00308. The first-order chi connectivity index (χ1) is 8.31. The molecule has 94 valence electrons. The van der Waals surface area contributed by atoms with E-state index in [0.29, 0.717) is 5.92 Å². The molecular weight excluding hydrogens is 232 g/mol. The van der Waals surface area contributed by atoms with Crippen molar-refractivity contribution in [3.63, 3.8) is 0 Å². The van der Waals surface area contributed by atoms with E-state index in [1.54, 1.807) is 11.3 Å². The Bertz CT molecular complexity index is 371. The molecule has 0 saturated heterocycles. The highest BCUT2D eigenvalue weighted by Gasteiger charge is 2.21. The summed E-state index contributed by atoms with van der Waals surface area (Å²) in [5.41, 5.74) is 7.05. The van der Waals surface area contributed by atoms with Gasteiger partial charge < -0.3 is 0 Å². The molecule has 1 fully saturated rings. The molecule has 0 aliphatic heterocycles. The molecule has 17 heavy (non-hydrogen) atoms. The number of hydrogen-bond acceptors (Lipinski definition) is 3. The van der Waals surface area contributed by atoms with E-state index in [0.717, 1.165) is 24.3 Å². The maximum absolute atomic E-state index is 11.8. The van der Waals surface area contributed by atoms with E-state index >= 15 is 0 Å². The van der Waals surface area contributed by atoms with Crippen LogP contribution in [0, 0.1) is 0 Å². The van der Waals surface area contributed by atoms with Gasteiger partial charge in [-0.3, -0.25) is 10.2 Å². The first-order valence-electron chi connectivity index (χ1n) is 6.43. The van der Waals surface area contributed by atoms with Gasteiger partial charge in [0.15, 0.2) is 0 Å². The van der Waals surface area contributed by atoms with Crippen LogP contribution >= 0.6 is 11.3 Å². The van der Waals surface area contributed by atoms with E-state index in [4.69, 9.17) is 0 Å². The molecule has 1 aliphatic rings. The zero-order chi connectivity index (χ0) is 12.1. The van der Waals surface area contributed by atoms with Crippen LogP contribution in [-0.2, 0) is 0 Å².